The maximum Gasteiger partial charge on any atom is 0.323 e. The van der Waals surface area contributed by atoms with E-state index < -0.39 is 11.5 Å². The Morgan fingerprint density at radius 3 is 2.55 bits per heavy atom. The predicted molar refractivity (Wildman–Crippen MR) is 77.5 cm³/mol. The number of carboxylic acids is 1. The molecule has 1 rings (SSSR count). The van der Waals surface area contributed by atoms with Gasteiger partial charge in [0.25, 0.3) is 0 Å². The monoisotopic (exact) mass is 279 g/mol. The summed E-state index contributed by atoms with van der Waals surface area (Å²) in [7, 11) is 3.11. The summed E-state index contributed by atoms with van der Waals surface area (Å²) in [5, 5.41) is 12.4. The van der Waals surface area contributed by atoms with Crippen LogP contribution in [0.2, 0.25) is 0 Å². The lowest BCUT2D eigenvalue weighted by atomic mass is 9.92. The predicted octanol–water partition coefficient (Wildman–Crippen LogP) is 1.87. The number of hydrogen-bond acceptors (Lipinski definition) is 4. The van der Waals surface area contributed by atoms with Crippen molar-refractivity contribution in [3.63, 3.8) is 0 Å². The minimum atomic E-state index is -1.06. The number of methoxy groups -OCH3 is 2. The van der Waals surface area contributed by atoms with Gasteiger partial charge in [-0.05, 0) is 24.6 Å². The minimum Gasteiger partial charge on any atom is -0.493 e. The summed E-state index contributed by atoms with van der Waals surface area (Å²) >= 11 is 0. The fourth-order valence-electron chi connectivity index (χ4n) is 1.91. The fraction of sp³-hybridized carbons (Fsp3) is 0.400. The number of carboxylic acid groups (broad SMARTS) is 1. The Hall–Kier alpha value is -2.01. The van der Waals surface area contributed by atoms with Crippen LogP contribution >= 0.6 is 0 Å². The lowest BCUT2D eigenvalue weighted by molar-refractivity contribution is -0.144. The van der Waals surface area contributed by atoms with Crippen molar-refractivity contribution in [1.29, 1.82) is 0 Å². The first-order valence-corrected chi connectivity index (χ1v) is 6.27. The normalized spacial score (nSPS) is 13.3. The molecule has 20 heavy (non-hydrogen) atoms. The first-order valence-electron chi connectivity index (χ1n) is 6.27. The Balaban J connectivity index is 2.99. The Morgan fingerprint density at radius 1 is 1.40 bits per heavy atom. The minimum absolute atomic E-state index is 0.330. The molecule has 0 amide bonds. The summed E-state index contributed by atoms with van der Waals surface area (Å²) < 4.78 is 10.4. The van der Waals surface area contributed by atoms with Gasteiger partial charge in [0.05, 0.1) is 14.2 Å². The van der Waals surface area contributed by atoms with E-state index in [0.717, 1.165) is 5.56 Å². The number of benzene rings is 1. The highest BCUT2D eigenvalue weighted by atomic mass is 16.5. The SMILES string of the molecule is C=CCNC(C)(Cc1ccc(OC)c(OC)c1)C(=O)O. The highest BCUT2D eigenvalue weighted by Crippen LogP contribution is 2.29. The van der Waals surface area contributed by atoms with E-state index in [2.05, 4.69) is 11.9 Å². The van der Waals surface area contributed by atoms with Crippen molar-refractivity contribution in [2.45, 2.75) is 18.9 Å². The third kappa shape index (κ3) is 3.74. The van der Waals surface area contributed by atoms with E-state index >= 15 is 0 Å². The standard InChI is InChI=1S/C15H21NO4/c1-5-8-16-15(2,14(17)18)10-11-6-7-12(19-3)13(9-11)20-4/h5-7,9,16H,1,8,10H2,2-4H3,(H,17,18). The van der Waals surface area contributed by atoms with Gasteiger partial charge in [0.15, 0.2) is 11.5 Å². The zero-order valence-corrected chi connectivity index (χ0v) is 12.1. The van der Waals surface area contributed by atoms with Crippen LogP contribution in [0.3, 0.4) is 0 Å². The lowest BCUT2D eigenvalue weighted by Gasteiger charge is -2.26. The van der Waals surface area contributed by atoms with Crippen LogP contribution in [0.5, 0.6) is 11.5 Å². The van der Waals surface area contributed by atoms with E-state index in [1.165, 1.54) is 0 Å². The molecule has 0 saturated heterocycles. The molecular formula is C15H21NO4. The number of carbonyl (C=O) groups is 1. The summed E-state index contributed by atoms with van der Waals surface area (Å²) in [6, 6.07) is 5.39. The zero-order valence-electron chi connectivity index (χ0n) is 12.1. The molecule has 0 aromatic heterocycles. The van der Waals surface area contributed by atoms with Gasteiger partial charge in [0.2, 0.25) is 0 Å². The number of rotatable bonds is 8. The lowest BCUT2D eigenvalue weighted by Crippen LogP contribution is -2.51. The molecule has 2 N–H and O–H groups in total. The summed E-state index contributed by atoms with van der Waals surface area (Å²) in [4.78, 5) is 11.5. The van der Waals surface area contributed by atoms with E-state index in [9.17, 15) is 9.90 Å². The highest BCUT2D eigenvalue weighted by Gasteiger charge is 2.32. The molecule has 110 valence electrons. The van der Waals surface area contributed by atoms with Crippen LogP contribution in [0.4, 0.5) is 0 Å². The molecule has 0 bridgehead atoms. The van der Waals surface area contributed by atoms with E-state index in [-0.39, 0.29) is 0 Å². The maximum absolute atomic E-state index is 11.5. The molecule has 0 heterocycles. The van der Waals surface area contributed by atoms with Gasteiger partial charge in [-0.15, -0.1) is 6.58 Å². The average Bonchev–Trinajstić information content (AvgIpc) is 2.44. The Bertz CT molecular complexity index is 487. The van der Waals surface area contributed by atoms with Crippen LogP contribution in [0.1, 0.15) is 12.5 Å². The van der Waals surface area contributed by atoms with Crippen molar-refractivity contribution in [2.24, 2.45) is 0 Å². The molecule has 0 saturated carbocycles. The van der Waals surface area contributed by atoms with Gasteiger partial charge < -0.3 is 14.6 Å². The molecule has 1 aromatic rings. The van der Waals surface area contributed by atoms with Crippen LogP contribution in [0, 0.1) is 0 Å². The highest BCUT2D eigenvalue weighted by molar-refractivity contribution is 5.78. The van der Waals surface area contributed by atoms with Crippen LogP contribution in [0.15, 0.2) is 30.9 Å². The first-order chi connectivity index (χ1) is 9.46. The zero-order chi connectivity index (χ0) is 15.2. The van der Waals surface area contributed by atoms with E-state index in [1.807, 2.05) is 6.07 Å². The van der Waals surface area contributed by atoms with Gasteiger partial charge in [0.1, 0.15) is 5.54 Å². The summed E-state index contributed by atoms with van der Waals surface area (Å²) in [5.74, 6) is 0.294. The molecule has 0 spiro atoms. The molecule has 5 heteroatoms. The van der Waals surface area contributed by atoms with E-state index in [4.69, 9.17) is 9.47 Å². The molecule has 5 nitrogen and oxygen atoms in total. The van der Waals surface area contributed by atoms with Crippen molar-refractivity contribution in [1.82, 2.24) is 5.32 Å². The largest absolute Gasteiger partial charge is 0.493 e. The second-order valence-electron chi connectivity index (χ2n) is 4.67. The number of hydrogen-bond donors (Lipinski definition) is 2. The molecule has 0 aliphatic carbocycles. The molecule has 1 aromatic carbocycles. The average molecular weight is 279 g/mol. The molecule has 1 atom stereocenters. The second-order valence-corrected chi connectivity index (χ2v) is 4.67. The molecule has 0 aliphatic heterocycles. The molecule has 0 fully saturated rings. The van der Waals surface area contributed by atoms with Crippen molar-refractivity contribution in [3.8, 4) is 11.5 Å². The van der Waals surface area contributed by atoms with Gasteiger partial charge in [-0.1, -0.05) is 12.1 Å². The van der Waals surface area contributed by atoms with E-state index in [0.29, 0.717) is 24.5 Å². The van der Waals surface area contributed by atoms with Crippen molar-refractivity contribution in [3.05, 3.63) is 36.4 Å². The fourth-order valence-corrected chi connectivity index (χ4v) is 1.91. The maximum atomic E-state index is 11.5. The van der Waals surface area contributed by atoms with Gasteiger partial charge in [0, 0.05) is 13.0 Å². The van der Waals surface area contributed by atoms with Gasteiger partial charge in [-0.25, -0.2) is 0 Å². The number of nitrogens with one attached hydrogen (secondary N) is 1. The summed E-state index contributed by atoms with van der Waals surface area (Å²) in [6.07, 6.45) is 1.96. The van der Waals surface area contributed by atoms with Crippen LogP contribution in [0.25, 0.3) is 0 Å². The number of aliphatic carboxylic acids is 1. The number of ether oxygens (including phenoxy) is 2. The van der Waals surface area contributed by atoms with E-state index in [1.54, 1.807) is 39.4 Å². The quantitative estimate of drug-likeness (QED) is 0.711. The Labute approximate surface area is 119 Å². The van der Waals surface area contributed by atoms with Gasteiger partial charge in [-0.3, -0.25) is 10.1 Å². The molecule has 0 aliphatic rings. The van der Waals surface area contributed by atoms with Gasteiger partial charge >= 0.3 is 5.97 Å². The van der Waals surface area contributed by atoms with Crippen LogP contribution in [-0.2, 0) is 11.2 Å². The smallest absolute Gasteiger partial charge is 0.323 e. The molecule has 1 unspecified atom stereocenters. The Morgan fingerprint density at radius 2 is 2.05 bits per heavy atom. The van der Waals surface area contributed by atoms with Gasteiger partial charge in [-0.2, -0.15) is 0 Å². The Kier molecular flexibility index (Phi) is 5.58. The van der Waals surface area contributed by atoms with Crippen molar-refractivity contribution in [2.75, 3.05) is 20.8 Å². The topological polar surface area (TPSA) is 67.8 Å². The van der Waals surface area contributed by atoms with Crippen LogP contribution in [-0.4, -0.2) is 37.4 Å². The summed E-state index contributed by atoms with van der Waals surface area (Å²) in [6.45, 7) is 5.66. The third-order valence-corrected chi connectivity index (χ3v) is 3.11. The van der Waals surface area contributed by atoms with Crippen molar-refractivity contribution < 1.29 is 19.4 Å². The molecule has 0 radical (unpaired) electrons. The third-order valence-electron chi connectivity index (χ3n) is 3.11. The van der Waals surface area contributed by atoms with Crippen LogP contribution < -0.4 is 14.8 Å². The summed E-state index contributed by atoms with van der Waals surface area (Å²) in [5.41, 5.74) is -0.211. The first kappa shape index (κ1) is 16.0. The second kappa shape index (κ2) is 6.96. The van der Waals surface area contributed by atoms with Crippen molar-refractivity contribution >= 4 is 5.97 Å². The molecular weight excluding hydrogens is 258 g/mol.